The highest BCUT2D eigenvalue weighted by molar-refractivity contribution is 6.39. The number of benzene rings is 2. The molecule has 2 N–H and O–H groups in total. The van der Waals surface area contributed by atoms with Gasteiger partial charge >= 0.3 is 11.8 Å². The molecule has 27 heavy (non-hydrogen) atoms. The number of non-ortho nitro benzene ring substituents is 1. The number of nitrogens with one attached hydrogen (secondary N) is 2. The van der Waals surface area contributed by atoms with Crippen LogP contribution in [0.15, 0.2) is 47.6 Å². The number of nitrogens with zero attached hydrogens (tertiary/aromatic N) is 2. The zero-order chi connectivity index (χ0) is 19.8. The van der Waals surface area contributed by atoms with Crippen LogP contribution in [0.1, 0.15) is 5.56 Å². The van der Waals surface area contributed by atoms with Crippen LogP contribution in [0, 0.1) is 10.1 Å². The molecule has 0 aromatic heterocycles. The van der Waals surface area contributed by atoms with Crippen molar-refractivity contribution >= 4 is 29.4 Å². The van der Waals surface area contributed by atoms with Gasteiger partial charge in [0.1, 0.15) is 11.5 Å². The maximum atomic E-state index is 12.0. The molecule has 0 bridgehead atoms. The predicted octanol–water partition coefficient (Wildman–Crippen LogP) is 1.70. The predicted molar refractivity (Wildman–Crippen MR) is 97.0 cm³/mol. The van der Waals surface area contributed by atoms with Gasteiger partial charge in [-0.3, -0.25) is 19.7 Å². The molecule has 0 unspecified atom stereocenters. The second-order valence-corrected chi connectivity index (χ2v) is 5.07. The molecule has 2 rings (SSSR count). The Morgan fingerprint density at radius 1 is 1.11 bits per heavy atom. The third-order valence-electron chi connectivity index (χ3n) is 3.32. The lowest BCUT2D eigenvalue weighted by Crippen LogP contribution is -2.32. The summed E-state index contributed by atoms with van der Waals surface area (Å²) in [6, 6.07) is 10.3. The zero-order valence-electron chi connectivity index (χ0n) is 14.5. The number of methoxy groups -OCH3 is 2. The molecule has 2 aromatic carbocycles. The first kappa shape index (κ1) is 19.4. The fourth-order valence-corrected chi connectivity index (χ4v) is 2.03. The number of hydrogen-bond donors (Lipinski definition) is 2. The molecule has 10 heteroatoms. The SMILES string of the molecule is COc1ccc(OC)c(NC(=O)C(=O)N/N=C\c2cccc([N+](=O)[O-])c2)c1. The van der Waals surface area contributed by atoms with Gasteiger partial charge in [0.25, 0.3) is 5.69 Å². The molecule has 0 fully saturated rings. The second kappa shape index (κ2) is 8.94. The number of hydrazone groups is 1. The molecule has 0 spiro atoms. The molecule has 0 aliphatic heterocycles. The Hall–Kier alpha value is -3.95. The fraction of sp³-hybridized carbons (Fsp3) is 0.118. The largest absolute Gasteiger partial charge is 0.497 e. The van der Waals surface area contributed by atoms with Crippen molar-refractivity contribution in [1.82, 2.24) is 5.43 Å². The third kappa shape index (κ3) is 5.26. The van der Waals surface area contributed by atoms with Crippen molar-refractivity contribution < 1.29 is 24.0 Å². The van der Waals surface area contributed by atoms with Crippen molar-refractivity contribution in [1.29, 1.82) is 0 Å². The molecule has 0 aliphatic carbocycles. The van der Waals surface area contributed by atoms with Gasteiger partial charge in [-0.15, -0.1) is 0 Å². The topological polar surface area (TPSA) is 132 Å². The van der Waals surface area contributed by atoms with E-state index < -0.39 is 16.7 Å². The lowest BCUT2D eigenvalue weighted by molar-refractivity contribution is -0.384. The number of amides is 2. The van der Waals surface area contributed by atoms with Crippen LogP contribution in [0.4, 0.5) is 11.4 Å². The molecule has 0 radical (unpaired) electrons. The van der Waals surface area contributed by atoms with Crippen LogP contribution >= 0.6 is 0 Å². The number of hydrogen-bond acceptors (Lipinski definition) is 7. The Kier molecular flexibility index (Phi) is 6.42. The van der Waals surface area contributed by atoms with Crippen LogP contribution in [0.2, 0.25) is 0 Å². The van der Waals surface area contributed by atoms with Crippen LogP contribution in [0.5, 0.6) is 11.5 Å². The van der Waals surface area contributed by atoms with Crippen LogP contribution in [-0.4, -0.2) is 37.2 Å². The van der Waals surface area contributed by atoms with Crippen molar-refractivity contribution in [3.8, 4) is 11.5 Å². The van der Waals surface area contributed by atoms with Crippen LogP contribution < -0.4 is 20.2 Å². The van der Waals surface area contributed by atoms with E-state index in [1.165, 1.54) is 44.7 Å². The van der Waals surface area contributed by atoms with E-state index in [4.69, 9.17) is 9.47 Å². The smallest absolute Gasteiger partial charge is 0.329 e. The minimum Gasteiger partial charge on any atom is -0.497 e. The van der Waals surface area contributed by atoms with Gasteiger partial charge in [-0.25, -0.2) is 5.43 Å². The molecule has 0 heterocycles. The Balaban J connectivity index is 2.01. The Bertz CT molecular complexity index is 897. The van der Waals surface area contributed by atoms with Crippen molar-refractivity contribution in [2.45, 2.75) is 0 Å². The second-order valence-electron chi connectivity index (χ2n) is 5.07. The van der Waals surface area contributed by atoms with Crippen LogP contribution in [-0.2, 0) is 9.59 Å². The van der Waals surface area contributed by atoms with E-state index in [-0.39, 0.29) is 11.4 Å². The van der Waals surface area contributed by atoms with E-state index in [0.29, 0.717) is 17.1 Å². The number of carbonyl (C=O) groups excluding carboxylic acids is 2. The first-order valence-electron chi connectivity index (χ1n) is 7.55. The number of nitro groups is 1. The number of rotatable bonds is 6. The molecular formula is C17H16N4O6. The van der Waals surface area contributed by atoms with Crippen molar-refractivity contribution in [2.75, 3.05) is 19.5 Å². The quantitative estimate of drug-likeness (QED) is 0.343. The summed E-state index contributed by atoms with van der Waals surface area (Å²) in [7, 11) is 2.88. The van der Waals surface area contributed by atoms with E-state index >= 15 is 0 Å². The monoisotopic (exact) mass is 372 g/mol. The molecule has 140 valence electrons. The average molecular weight is 372 g/mol. The molecule has 0 saturated carbocycles. The highest BCUT2D eigenvalue weighted by Gasteiger charge is 2.16. The highest BCUT2D eigenvalue weighted by atomic mass is 16.6. The molecule has 2 aromatic rings. The van der Waals surface area contributed by atoms with Crippen molar-refractivity contribution in [3.63, 3.8) is 0 Å². The van der Waals surface area contributed by atoms with E-state index in [0.717, 1.165) is 0 Å². The Morgan fingerprint density at radius 2 is 1.89 bits per heavy atom. The maximum absolute atomic E-state index is 12.0. The summed E-state index contributed by atoms with van der Waals surface area (Å²) in [5.41, 5.74) is 2.56. The van der Waals surface area contributed by atoms with Gasteiger partial charge in [0, 0.05) is 23.8 Å². The minimum atomic E-state index is -1.03. The Morgan fingerprint density at radius 3 is 2.56 bits per heavy atom. The van der Waals surface area contributed by atoms with Gasteiger partial charge in [-0.05, 0) is 12.1 Å². The normalized spacial score (nSPS) is 10.3. The number of nitro benzene ring substituents is 1. The summed E-state index contributed by atoms with van der Waals surface area (Å²) in [6.07, 6.45) is 1.18. The van der Waals surface area contributed by atoms with Gasteiger partial charge in [-0.1, -0.05) is 12.1 Å². The minimum absolute atomic E-state index is 0.117. The van der Waals surface area contributed by atoms with Crippen LogP contribution in [0.25, 0.3) is 0 Å². The molecule has 0 saturated heterocycles. The van der Waals surface area contributed by atoms with Gasteiger partial charge in [0.05, 0.1) is 31.0 Å². The lowest BCUT2D eigenvalue weighted by Gasteiger charge is -2.11. The first-order chi connectivity index (χ1) is 12.9. The van der Waals surface area contributed by atoms with Gasteiger partial charge in [-0.2, -0.15) is 5.10 Å². The van der Waals surface area contributed by atoms with Gasteiger partial charge in [0.2, 0.25) is 0 Å². The standard InChI is InChI=1S/C17H16N4O6/c1-26-13-6-7-15(27-2)14(9-13)19-16(22)17(23)20-18-10-11-4-3-5-12(8-11)21(24)25/h3-10H,1-2H3,(H,19,22)(H,20,23)/b18-10-. The van der Waals surface area contributed by atoms with Crippen molar-refractivity contribution in [2.24, 2.45) is 5.10 Å². The lowest BCUT2D eigenvalue weighted by atomic mass is 10.2. The zero-order valence-corrected chi connectivity index (χ0v) is 14.5. The van der Waals surface area contributed by atoms with E-state index in [1.54, 1.807) is 18.2 Å². The Labute approximate surface area is 153 Å². The summed E-state index contributed by atoms with van der Waals surface area (Å²) >= 11 is 0. The number of anilines is 1. The summed E-state index contributed by atoms with van der Waals surface area (Å²) in [4.78, 5) is 34.0. The van der Waals surface area contributed by atoms with E-state index in [1.807, 2.05) is 5.43 Å². The summed E-state index contributed by atoms with van der Waals surface area (Å²) in [5, 5.41) is 16.7. The van der Waals surface area contributed by atoms with Crippen LogP contribution in [0.3, 0.4) is 0 Å². The van der Waals surface area contributed by atoms with E-state index in [9.17, 15) is 19.7 Å². The number of carbonyl (C=O) groups is 2. The molecular weight excluding hydrogens is 356 g/mol. The summed E-state index contributed by atoms with van der Waals surface area (Å²) in [5.74, 6) is -1.19. The summed E-state index contributed by atoms with van der Waals surface area (Å²) < 4.78 is 10.2. The fourth-order valence-electron chi connectivity index (χ4n) is 2.03. The van der Waals surface area contributed by atoms with Gasteiger partial charge in [0.15, 0.2) is 0 Å². The molecule has 0 atom stereocenters. The molecule has 10 nitrogen and oxygen atoms in total. The van der Waals surface area contributed by atoms with Gasteiger partial charge < -0.3 is 14.8 Å². The number of ether oxygens (including phenoxy) is 2. The first-order valence-corrected chi connectivity index (χ1v) is 7.55. The molecule has 0 aliphatic rings. The average Bonchev–Trinajstić information content (AvgIpc) is 2.67. The van der Waals surface area contributed by atoms with E-state index in [2.05, 4.69) is 10.4 Å². The highest BCUT2D eigenvalue weighted by Crippen LogP contribution is 2.28. The summed E-state index contributed by atoms with van der Waals surface area (Å²) in [6.45, 7) is 0. The maximum Gasteiger partial charge on any atom is 0.329 e. The van der Waals surface area contributed by atoms with Crippen molar-refractivity contribution in [3.05, 3.63) is 58.1 Å². The third-order valence-corrected chi connectivity index (χ3v) is 3.32. The molecule has 2 amide bonds.